The Labute approximate surface area is 150 Å². The van der Waals surface area contributed by atoms with Crippen molar-refractivity contribution in [1.82, 2.24) is 0 Å². The first-order chi connectivity index (χ1) is 12.6. The average Bonchev–Trinajstić information content (AvgIpc) is 2.94. The van der Waals surface area contributed by atoms with E-state index in [0.717, 1.165) is 0 Å². The van der Waals surface area contributed by atoms with Crippen molar-refractivity contribution in [3.8, 4) is 0 Å². The van der Waals surface area contributed by atoms with E-state index in [2.05, 4.69) is 0 Å². The van der Waals surface area contributed by atoms with Crippen LogP contribution in [0.2, 0.25) is 0 Å². The smallest absolute Gasteiger partial charge is 0.227 e. The molecule has 0 radical (unpaired) electrons. The summed E-state index contributed by atoms with van der Waals surface area (Å²) in [5, 5.41) is 0. The highest BCUT2D eigenvalue weighted by Crippen LogP contribution is 2.33. The normalized spacial score (nSPS) is 13.7. The van der Waals surface area contributed by atoms with Crippen LogP contribution in [0.5, 0.6) is 0 Å². The maximum atomic E-state index is 12.6. The van der Waals surface area contributed by atoms with Crippen LogP contribution in [0.4, 0.5) is 0 Å². The van der Waals surface area contributed by atoms with Gasteiger partial charge in [-0.1, -0.05) is 54.6 Å². The van der Waals surface area contributed by atoms with Gasteiger partial charge in [-0.2, -0.15) is 4.57 Å². The van der Waals surface area contributed by atoms with Crippen LogP contribution in [0, 0.1) is 0 Å². The van der Waals surface area contributed by atoms with Crippen molar-refractivity contribution >= 4 is 17.3 Å². The van der Waals surface area contributed by atoms with Crippen molar-refractivity contribution < 1.29 is 19.0 Å². The molecule has 3 aromatic rings. The summed E-state index contributed by atoms with van der Waals surface area (Å²) in [6.45, 7) is 0.205. The van der Waals surface area contributed by atoms with E-state index in [9.17, 15) is 14.4 Å². The zero-order valence-electron chi connectivity index (χ0n) is 14.0. The van der Waals surface area contributed by atoms with Crippen molar-refractivity contribution in [3.05, 3.63) is 101 Å². The zero-order valence-corrected chi connectivity index (χ0v) is 14.0. The van der Waals surface area contributed by atoms with Crippen LogP contribution in [0.1, 0.15) is 42.6 Å². The molecule has 4 rings (SSSR count). The van der Waals surface area contributed by atoms with Crippen molar-refractivity contribution in [2.75, 3.05) is 0 Å². The minimum Gasteiger partial charge on any atom is -0.293 e. The van der Waals surface area contributed by atoms with Gasteiger partial charge in [-0.25, -0.2) is 0 Å². The lowest BCUT2D eigenvalue weighted by molar-refractivity contribution is -0.683. The van der Waals surface area contributed by atoms with Gasteiger partial charge in [-0.15, -0.1) is 0 Å². The number of pyridine rings is 1. The molecule has 4 nitrogen and oxygen atoms in total. The fourth-order valence-corrected chi connectivity index (χ4v) is 3.29. The predicted molar refractivity (Wildman–Crippen MR) is 95.3 cm³/mol. The Balaban J connectivity index is 1.55. The van der Waals surface area contributed by atoms with Gasteiger partial charge in [0.1, 0.15) is 5.92 Å². The number of hydrogen-bond acceptors (Lipinski definition) is 3. The van der Waals surface area contributed by atoms with Crippen molar-refractivity contribution in [1.29, 1.82) is 0 Å². The van der Waals surface area contributed by atoms with Crippen LogP contribution in [0.15, 0.2) is 79.1 Å². The quantitative estimate of drug-likeness (QED) is 0.416. The number of ketones is 3. The van der Waals surface area contributed by atoms with Crippen LogP contribution in [0.25, 0.3) is 0 Å². The van der Waals surface area contributed by atoms with E-state index in [1.165, 1.54) is 0 Å². The first kappa shape index (κ1) is 16.1. The molecule has 1 aliphatic rings. The molecule has 0 fully saturated rings. The molecule has 1 aromatic heterocycles. The SMILES string of the molecule is O=C(C[n+]1ccc(C2C(=O)c3ccccc3C2=O)cc1)c1ccccc1. The minimum absolute atomic E-state index is 0.00349. The largest absolute Gasteiger partial charge is 0.293 e. The highest BCUT2D eigenvalue weighted by Gasteiger charge is 2.39. The van der Waals surface area contributed by atoms with Gasteiger partial charge in [0, 0.05) is 28.8 Å². The molecule has 4 heteroatoms. The number of aromatic nitrogens is 1. The van der Waals surface area contributed by atoms with E-state index in [1.807, 2.05) is 18.2 Å². The minimum atomic E-state index is -0.785. The van der Waals surface area contributed by atoms with Crippen molar-refractivity contribution in [2.45, 2.75) is 12.5 Å². The summed E-state index contributed by atoms with van der Waals surface area (Å²) in [6, 6.07) is 19.5. The van der Waals surface area contributed by atoms with Gasteiger partial charge >= 0.3 is 0 Å². The number of rotatable bonds is 4. The average molecular weight is 342 g/mol. The molecule has 0 unspecified atom stereocenters. The molecule has 0 bridgehead atoms. The molecule has 126 valence electrons. The summed E-state index contributed by atoms with van der Waals surface area (Å²) in [4.78, 5) is 37.4. The van der Waals surface area contributed by atoms with Gasteiger partial charge < -0.3 is 0 Å². The van der Waals surface area contributed by atoms with Gasteiger partial charge in [-0.3, -0.25) is 14.4 Å². The Hall–Kier alpha value is -3.40. The molecule has 0 spiro atoms. The fraction of sp³-hybridized carbons (Fsp3) is 0.0909. The van der Waals surface area contributed by atoms with E-state index in [1.54, 1.807) is 65.5 Å². The van der Waals surface area contributed by atoms with E-state index >= 15 is 0 Å². The van der Waals surface area contributed by atoms with Gasteiger partial charge in [0.15, 0.2) is 24.0 Å². The van der Waals surface area contributed by atoms with Gasteiger partial charge in [-0.05, 0) is 5.56 Å². The number of benzene rings is 2. The standard InChI is InChI=1S/C22H16NO3/c24-19(15-6-2-1-3-7-15)14-23-12-10-16(11-13-23)20-21(25)17-8-4-5-9-18(17)22(20)26/h1-13,20H,14H2/q+1. The third-order valence-corrected chi connectivity index (χ3v) is 4.65. The Bertz CT molecular complexity index is 972. The fourth-order valence-electron chi connectivity index (χ4n) is 3.29. The van der Waals surface area contributed by atoms with Crippen LogP contribution >= 0.6 is 0 Å². The second kappa shape index (κ2) is 6.48. The third kappa shape index (κ3) is 2.75. The van der Waals surface area contributed by atoms with E-state index in [4.69, 9.17) is 0 Å². The number of carbonyl (C=O) groups excluding carboxylic acids is 3. The third-order valence-electron chi connectivity index (χ3n) is 4.65. The van der Waals surface area contributed by atoms with Crippen molar-refractivity contribution in [3.63, 3.8) is 0 Å². The van der Waals surface area contributed by atoms with E-state index < -0.39 is 5.92 Å². The first-order valence-corrected chi connectivity index (χ1v) is 8.40. The highest BCUT2D eigenvalue weighted by atomic mass is 16.2. The van der Waals surface area contributed by atoms with E-state index in [0.29, 0.717) is 22.3 Å². The number of hydrogen-bond donors (Lipinski definition) is 0. The molecule has 0 amide bonds. The van der Waals surface area contributed by atoms with Gasteiger partial charge in [0.05, 0.1) is 0 Å². The monoisotopic (exact) mass is 342 g/mol. The summed E-state index contributed by atoms with van der Waals surface area (Å²) in [5.41, 5.74) is 2.28. The maximum absolute atomic E-state index is 12.6. The van der Waals surface area contributed by atoms with E-state index in [-0.39, 0.29) is 23.9 Å². The lowest BCUT2D eigenvalue weighted by Gasteiger charge is -2.06. The zero-order chi connectivity index (χ0) is 18.1. The molecule has 0 saturated heterocycles. The van der Waals surface area contributed by atoms with Gasteiger partial charge in [0.25, 0.3) is 0 Å². The van der Waals surface area contributed by atoms with Crippen LogP contribution < -0.4 is 4.57 Å². The second-order valence-corrected chi connectivity index (χ2v) is 6.30. The Kier molecular flexibility index (Phi) is 4.01. The van der Waals surface area contributed by atoms with Crippen LogP contribution in [0.3, 0.4) is 0 Å². The van der Waals surface area contributed by atoms with Crippen molar-refractivity contribution in [2.24, 2.45) is 0 Å². The summed E-state index contributed by atoms with van der Waals surface area (Å²) in [7, 11) is 0. The highest BCUT2D eigenvalue weighted by molar-refractivity contribution is 6.29. The molecule has 0 saturated carbocycles. The molecule has 26 heavy (non-hydrogen) atoms. The van der Waals surface area contributed by atoms with Crippen LogP contribution in [-0.4, -0.2) is 17.3 Å². The number of Topliss-reactive ketones (excluding diaryl/α,β-unsaturated/α-hetero) is 3. The summed E-state index contributed by atoms with van der Waals surface area (Å²) in [6.07, 6.45) is 3.47. The second-order valence-electron chi connectivity index (χ2n) is 6.30. The Morgan fingerprint density at radius 1 is 0.769 bits per heavy atom. The summed E-state index contributed by atoms with van der Waals surface area (Å²) >= 11 is 0. The molecule has 1 heterocycles. The Morgan fingerprint density at radius 2 is 1.31 bits per heavy atom. The Morgan fingerprint density at radius 3 is 1.88 bits per heavy atom. The molecule has 0 N–H and O–H groups in total. The van der Waals surface area contributed by atoms with Crippen LogP contribution in [-0.2, 0) is 6.54 Å². The molecular weight excluding hydrogens is 326 g/mol. The number of fused-ring (bicyclic) bond motifs is 1. The molecule has 1 aliphatic carbocycles. The first-order valence-electron chi connectivity index (χ1n) is 8.40. The number of carbonyl (C=O) groups is 3. The lowest BCUT2D eigenvalue weighted by Crippen LogP contribution is -2.37. The molecule has 0 atom stereocenters. The predicted octanol–water partition coefficient (Wildman–Crippen LogP) is 3.02. The lowest BCUT2D eigenvalue weighted by atomic mass is 9.95. The summed E-state index contributed by atoms with van der Waals surface area (Å²) < 4.78 is 1.75. The topological polar surface area (TPSA) is 55.1 Å². The molecule has 0 aliphatic heterocycles. The van der Waals surface area contributed by atoms with Gasteiger partial charge in [0.2, 0.25) is 12.3 Å². The molecular formula is C22H16NO3+. The molecule has 2 aromatic carbocycles. The maximum Gasteiger partial charge on any atom is 0.227 e. The number of nitrogens with zero attached hydrogens (tertiary/aromatic N) is 1. The summed E-state index contributed by atoms with van der Waals surface area (Å²) in [5.74, 6) is -1.11.